The average molecular weight is 600 g/mol. The summed E-state index contributed by atoms with van der Waals surface area (Å²) in [5.41, 5.74) is 3.40. The molecule has 0 saturated carbocycles. The van der Waals surface area contributed by atoms with E-state index in [-0.39, 0.29) is 6.54 Å². The van der Waals surface area contributed by atoms with Crippen LogP contribution < -0.4 is 4.72 Å². The van der Waals surface area contributed by atoms with E-state index in [1.807, 2.05) is 24.3 Å². The average Bonchev–Trinajstić information content (AvgIpc) is 2.95. The van der Waals surface area contributed by atoms with Crippen molar-refractivity contribution in [1.29, 1.82) is 0 Å². The number of hydrogen-bond donors (Lipinski definition) is 1. The van der Waals surface area contributed by atoms with E-state index >= 15 is 0 Å². The van der Waals surface area contributed by atoms with E-state index in [0.29, 0.717) is 49.4 Å². The molecule has 2 aromatic carbocycles. The number of amides is 1. The minimum absolute atomic E-state index is 0.243. The predicted molar refractivity (Wildman–Crippen MR) is 155 cm³/mol. The highest BCUT2D eigenvalue weighted by molar-refractivity contribution is 7.84. The second kappa shape index (κ2) is 11.8. The zero-order valence-corrected chi connectivity index (χ0v) is 24.4. The number of anilines is 1. The number of aromatic nitrogens is 2. The maximum atomic E-state index is 13.8. The van der Waals surface area contributed by atoms with Gasteiger partial charge >= 0.3 is 12.3 Å². The van der Waals surface area contributed by atoms with Gasteiger partial charge in [-0.25, -0.2) is 23.3 Å². The molecule has 1 N–H and O–H groups in total. The molecule has 0 radical (unpaired) electrons. The molecule has 3 heterocycles. The van der Waals surface area contributed by atoms with E-state index in [4.69, 9.17) is 4.74 Å². The number of nitrogens with one attached hydrogen (secondary N) is 1. The number of hydrogen-bond acceptors (Lipinski definition) is 5. The van der Waals surface area contributed by atoms with Gasteiger partial charge in [0.2, 0.25) is 0 Å². The molecule has 0 bridgehead atoms. The van der Waals surface area contributed by atoms with Crippen molar-refractivity contribution in [1.82, 2.24) is 19.2 Å². The number of alkyl halides is 3. The van der Waals surface area contributed by atoms with Crippen LogP contribution in [-0.4, -0.2) is 54.7 Å². The lowest BCUT2D eigenvalue weighted by atomic mass is 9.85. The standard InChI is InChI=1S/C30H32F3N5O3S/c1-29(2,3)41-28(39)37-14-10-20(11-15-37)26-17-22(30(31,32)33)7-8-25(26)24-6-4-5-21-18-38(16-12-23(21)24)42(40)36-27-9-13-34-19-35-27/h4-10,13,17,19H,11-12,14-16,18H2,1-3H3,(H,34,35,36). The highest BCUT2D eigenvalue weighted by Crippen LogP contribution is 2.40. The zero-order valence-electron chi connectivity index (χ0n) is 23.6. The molecule has 2 aliphatic heterocycles. The van der Waals surface area contributed by atoms with E-state index in [0.717, 1.165) is 28.3 Å². The Hall–Kier alpha value is -3.77. The SMILES string of the molecule is CC(C)(C)OC(=O)N1CC=C(c2cc(C(F)(F)F)ccc2-c2cccc3c2CCN(S(=O)Nc2ccncn2)C3)CC1. The van der Waals surface area contributed by atoms with Crippen LogP contribution >= 0.6 is 0 Å². The first-order valence-corrected chi connectivity index (χ1v) is 14.7. The lowest BCUT2D eigenvalue weighted by Crippen LogP contribution is -2.39. The molecule has 5 rings (SSSR count). The summed E-state index contributed by atoms with van der Waals surface area (Å²) in [5.74, 6) is 0.447. The number of benzene rings is 2. The fourth-order valence-corrected chi connectivity index (χ4v) is 6.05. The van der Waals surface area contributed by atoms with E-state index in [9.17, 15) is 22.2 Å². The Kier molecular flexibility index (Phi) is 8.38. The van der Waals surface area contributed by atoms with Crippen LogP contribution in [0.25, 0.3) is 16.7 Å². The van der Waals surface area contributed by atoms with Crippen molar-refractivity contribution in [3.05, 3.63) is 83.3 Å². The number of rotatable bonds is 5. The topological polar surface area (TPSA) is 87.7 Å². The Morgan fingerprint density at radius 1 is 1.02 bits per heavy atom. The van der Waals surface area contributed by atoms with E-state index in [1.165, 1.54) is 18.5 Å². The van der Waals surface area contributed by atoms with Crippen LogP contribution in [0.5, 0.6) is 0 Å². The van der Waals surface area contributed by atoms with Crippen LogP contribution in [0.2, 0.25) is 0 Å². The predicted octanol–water partition coefficient (Wildman–Crippen LogP) is 6.24. The molecule has 1 unspecified atom stereocenters. The van der Waals surface area contributed by atoms with Gasteiger partial charge in [0, 0.05) is 32.4 Å². The highest BCUT2D eigenvalue weighted by atomic mass is 32.2. The van der Waals surface area contributed by atoms with Crippen LogP contribution in [-0.2, 0) is 35.1 Å². The third kappa shape index (κ3) is 6.81. The Morgan fingerprint density at radius 2 is 1.83 bits per heavy atom. The monoisotopic (exact) mass is 599 g/mol. The molecule has 222 valence electrons. The lowest BCUT2D eigenvalue weighted by Gasteiger charge is -2.31. The molecule has 2 aliphatic rings. The van der Waals surface area contributed by atoms with Crippen LogP contribution in [0.4, 0.5) is 23.8 Å². The summed E-state index contributed by atoms with van der Waals surface area (Å²) in [6.45, 7) is 6.83. The van der Waals surface area contributed by atoms with Gasteiger partial charge in [0.1, 0.15) is 17.7 Å². The summed E-state index contributed by atoms with van der Waals surface area (Å²) in [6.07, 6.45) is 0.751. The van der Waals surface area contributed by atoms with Crippen molar-refractivity contribution in [3.8, 4) is 11.1 Å². The summed E-state index contributed by atoms with van der Waals surface area (Å²) >= 11 is -1.53. The van der Waals surface area contributed by atoms with E-state index in [2.05, 4.69) is 14.7 Å². The molecule has 0 spiro atoms. The minimum Gasteiger partial charge on any atom is -0.444 e. The van der Waals surface area contributed by atoms with Crippen LogP contribution in [0.1, 0.15) is 49.4 Å². The van der Waals surface area contributed by atoms with Crippen LogP contribution in [0, 0.1) is 0 Å². The molecule has 1 aromatic heterocycles. The fourth-order valence-electron chi connectivity index (χ4n) is 5.11. The van der Waals surface area contributed by atoms with Crippen molar-refractivity contribution in [2.75, 3.05) is 24.4 Å². The van der Waals surface area contributed by atoms with Crippen molar-refractivity contribution in [3.63, 3.8) is 0 Å². The molecule has 0 aliphatic carbocycles. The maximum absolute atomic E-state index is 13.8. The number of fused-ring (bicyclic) bond motifs is 1. The Balaban J connectivity index is 1.44. The highest BCUT2D eigenvalue weighted by Gasteiger charge is 2.33. The van der Waals surface area contributed by atoms with Gasteiger partial charge in [0.15, 0.2) is 11.2 Å². The van der Waals surface area contributed by atoms with E-state index in [1.54, 1.807) is 42.2 Å². The molecule has 0 fully saturated rings. The van der Waals surface area contributed by atoms with Gasteiger partial charge in [-0.3, -0.25) is 4.72 Å². The number of carbonyl (C=O) groups excluding carboxylic acids is 1. The number of ether oxygens (including phenoxy) is 1. The third-order valence-corrected chi connectivity index (χ3v) is 8.25. The van der Waals surface area contributed by atoms with Crippen LogP contribution in [0.3, 0.4) is 0 Å². The minimum atomic E-state index is -4.50. The molecule has 1 amide bonds. The summed E-state index contributed by atoms with van der Waals surface area (Å²) in [7, 11) is 0. The summed E-state index contributed by atoms with van der Waals surface area (Å²) < 4.78 is 64.5. The first kappa shape index (κ1) is 29.7. The Morgan fingerprint density at radius 3 is 2.50 bits per heavy atom. The first-order valence-electron chi connectivity index (χ1n) is 13.6. The molecule has 3 aromatic rings. The Bertz CT molecular complexity index is 1520. The van der Waals surface area contributed by atoms with Crippen LogP contribution in [0.15, 0.2) is 61.1 Å². The van der Waals surface area contributed by atoms with Crippen molar-refractivity contribution in [2.24, 2.45) is 0 Å². The second-order valence-electron chi connectivity index (χ2n) is 11.2. The van der Waals surface area contributed by atoms with Gasteiger partial charge in [0.05, 0.1) is 5.56 Å². The maximum Gasteiger partial charge on any atom is 0.416 e. The Labute approximate surface area is 245 Å². The smallest absolute Gasteiger partial charge is 0.416 e. The molecule has 12 heteroatoms. The summed E-state index contributed by atoms with van der Waals surface area (Å²) in [6, 6.07) is 11.2. The van der Waals surface area contributed by atoms with Crippen molar-refractivity contribution >= 4 is 28.7 Å². The molecular formula is C30H32F3N5O3S. The van der Waals surface area contributed by atoms with Crippen molar-refractivity contribution in [2.45, 2.75) is 51.9 Å². The van der Waals surface area contributed by atoms with Gasteiger partial charge in [0.25, 0.3) is 0 Å². The quantitative estimate of drug-likeness (QED) is 0.376. The number of nitrogens with zero attached hydrogens (tertiary/aromatic N) is 4. The molecule has 0 saturated heterocycles. The van der Waals surface area contributed by atoms with Gasteiger partial charge in [-0.05, 0) is 85.2 Å². The van der Waals surface area contributed by atoms with Crippen molar-refractivity contribution < 1.29 is 26.9 Å². The second-order valence-corrected chi connectivity index (χ2v) is 12.4. The first-order chi connectivity index (χ1) is 19.9. The largest absolute Gasteiger partial charge is 0.444 e. The molecular weight excluding hydrogens is 567 g/mol. The number of halogens is 3. The number of carbonyl (C=O) groups is 1. The summed E-state index contributed by atoms with van der Waals surface area (Å²) in [5, 5.41) is 0. The molecule has 1 atom stereocenters. The van der Waals surface area contributed by atoms with Gasteiger partial charge in [-0.1, -0.05) is 30.3 Å². The van der Waals surface area contributed by atoms with E-state index < -0.39 is 34.6 Å². The zero-order chi connectivity index (χ0) is 30.1. The fraction of sp³-hybridized carbons (Fsp3) is 0.367. The van der Waals surface area contributed by atoms with Gasteiger partial charge in [-0.2, -0.15) is 13.2 Å². The molecule has 42 heavy (non-hydrogen) atoms. The normalized spacial score (nSPS) is 16.8. The third-order valence-electron chi connectivity index (χ3n) is 7.08. The van der Waals surface area contributed by atoms with Gasteiger partial charge in [-0.15, -0.1) is 0 Å². The lowest BCUT2D eigenvalue weighted by molar-refractivity contribution is -0.137. The summed E-state index contributed by atoms with van der Waals surface area (Å²) in [4.78, 5) is 22.0. The van der Waals surface area contributed by atoms with Gasteiger partial charge < -0.3 is 9.64 Å². The molecule has 8 nitrogen and oxygen atoms in total.